The van der Waals surface area contributed by atoms with E-state index >= 15 is 0 Å². The molecule has 26 heavy (non-hydrogen) atoms. The van der Waals surface area contributed by atoms with E-state index in [-0.39, 0.29) is 22.1 Å². The molecular weight excluding hydrogens is 411 g/mol. The standard InChI is InChI=1S/C14H7Cl2F6N3O/c15-10-9(5-24-12(16)25-10)11(26)23-4-6-1-7(13(17,18)19)3-8(2-6)14(20,21)22/h1-3,5H,4H2,(H,23,26). The van der Waals surface area contributed by atoms with Gasteiger partial charge in [-0.05, 0) is 35.4 Å². The Labute approximate surface area is 152 Å². The summed E-state index contributed by atoms with van der Waals surface area (Å²) in [5.41, 5.74) is -3.60. The normalized spacial score (nSPS) is 12.2. The van der Waals surface area contributed by atoms with E-state index in [9.17, 15) is 31.1 Å². The van der Waals surface area contributed by atoms with Crippen molar-refractivity contribution in [2.45, 2.75) is 18.9 Å². The minimum absolute atomic E-state index is 0.00474. The molecular formula is C14H7Cl2F6N3O. The lowest BCUT2D eigenvalue weighted by molar-refractivity contribution is -0.143. The summed E-state index contributed by atoms with van der Waals surface area (Å²) in [7, 11) is 0. The van der Waals surface area contributed by atoms with Gasteiger partial charge in [0.1, 0.15) is 5.15 Å². The first kappa shape index (κ1) is 20.2. The monoisotopic (exact) mass is 417 g/mol. The fourth-order valence-electron chi connectivity index (χ4n) is 1.89. The molecule has 2 rings (SSSR count). The molecule has 1 aromatic carbocycles. The summed E-state index contributed by atoms with van der Waals surface area (Å²) in [4.78, 5) is 19.0. The van der Waals surface area contributed by atoms with Crippen LogP contribution in [0.3, 0.4) is 0 Å². The Bertz CT molecular complexity index is 806. The maximum absolute atomic E-state index is 12.8. The van der Waals surface area contributed by atoms with E-state index in [0.29, 0.717) is 12.1 Å². The maximum atomic E-state index is 12.8. The van der Waals surface area contributed by atoms with Crippen molar-refractivity contribution >= 4 is 29.1 Å². The maximum Gasteiger partial charge on any atom is 0.416 e. The number of hydrogen-bond acceptors (Lipinski definition) is 3. The number of hydrogen-bond donors (Lipinski definition) is 1. The second kappa shape index (κ2) is 7.28. The second-order valence-electron chi connectivity index (χ2n) is 4.94. The zero-order chi connectivity index (χ0) is 19.7. The Balaban J connectivity index is 2.27. The Morgan fingerprint density at radius 1 is 1.00 bits per heavy atom. The molecule has 1 N–H and O–H groups in total. The molecule has 1 heterocycles. The van der Waals surface area contributed by atoms with E-state index in [1.807, 2.05) is 0 Å². The molecule has 1 aromatic heterocycles. The van der Waals surface area contributed by atoms with Crippen LogP contribution in [0.1, 0.15) is 27.0 Å². The lowest BCUT2D eigenvalue weighted by atomic mass is 10.0. The molecule has 0 atom stereocenters. The van der Waals surface area contributed by atoms with E-state index in [1.165, 1.54) is 0 Å². The van der Waals surface area contributed by atoms with Gasteiger partial charge < -0.3 is 5.32 Å². The van der Waals surface area contributed by atoms with Crippen LogP contribution in [0, 0.1) is 0 Å². The number of benzene rings is 1. The SMILES string of the molecule is O=C(NCc1cc(C(F)(F)F)cc(C(F)(F)F)c1)c1cnc(Cl)nc1Cl. The summed E-state index contributed by atoms with van der Waals surface area (Å²) in [6.45, 7) is -0.606. The van der Waals surface area contributed by atoms with Gasteiger partial charge in [0.25, 0.3) is 5.91 Å². The number of amides is 1. The number of rotatable bonds is 3. The van der Waals surface area contributed by atoms with E-state index in [2.05, 4.69) is 15.3 Å². The highest BCUT2D eigenvalue weighted by Gasteiger charge is 2.36. The lowest BCUT2D eigenvalue weighted by Gasteiger charge is -2.14. The van der Waals surface area contributed by atoms with E-state index in [0.717, 1.165) is 6.20 Å². The summed E-state index contributed by atoms with van der Waals surface area (Å²) in [5.74, 6) is -0.891. The van der Waals surface area contributed by atoms with Crippen molar-refractivity contribution in [3.8, 4) is 0 Å². The topological polar surface area (TPSA) is 54.9 Å². The number of halogens is 8. The highest BCUT2D eigenvalue weighted by atomic mass is 35.5. The summed E-state index contributed by atoms with van der Waals surface area (Å²) >= 11 is 11.1. The van der Waals surface area contributed by atoms with Crippen molar-refractivity contribution in [1.29, 1.82) is 0 Å². The number of alkyl halides is 6. The van der Waals surface area contributed by atoms with Gasteiger partial charge in [-0.15, -0.1) is 0 Å². The van der Waals surface area contributed by atoms with Crippen LogP contribution in [0.4, 0.5) is 26.3 Å². The summed E-state index contributed by atoms with van der Waals surface area (Å²) in [6, 6.07) is 1.01. The number of carbonyl (C=O) groups excluding carboxylic acids is 1. The Hall–Kier alpha value is -2.07. The zero-order valence-electron chi connectivity index (χ0n) is 12.3. The van der Waals surface area contributed by atoms with Crippen LogP contribution in [0.15, 0.2) is 24.4 Å². The number of aromatic nitrogens is 2. The van der Waals surface area contributed by atoms with Crippen molar-refractivity contribution in [3.63, 3.8) is 0 Å². The van der Waals surface area contributed by atoms with E-state index in [1.54, 1.807) is 0 Å². The Morgan fingerprint density at radius 3 is 2.00 bits per heavy atom. The molecule has 0 radical (unpaired) electrons. The third-order valence-corrected chi connectivity index (χ3v) is 3.53. The van der Waals surface area contributed by atoms with Crippen LogP contribution in [-0.2, 0) is 18.9 Å². The molecule has 140 valence electrons. The van der Waals surface area contributed by atoms with Crippen molar-refractivity contribution in [2.24, 2.45) is 0 Å². The molecule has 0 bridgehead atoms. The predicted octanol–water partition coefficient (Wildman–Crippen LogP) is 4.75. The van der Waals surface area contributed by atoms with Gasteiger partial charge in [-0.1, -0.05) is 11.6 Å². The molecule has 0 aliphatic carbocycles. The molecule has 2 aromatic rings. The van der Waals surface area contributed by atoms with Crippen LogP contribution >= 0.6 is 23.2 Å². The van der Waals surface area contributed by atoms with Crippen molar-refractivity contribution in [1.82, 2.24) is 15.3 Å². The van der Waals surface area contributed by atoms with Gasteiger partial charge in [-0.25, -0.2) is 9.97 Å². The van der Waals surface area contributed by atoms with Crippen LogP contribution in [0.5, 0.6) is 0 Å². The number of carbonyl (C=O) groups is 1. The fourth-order valence-corrected chi connectivity index (χ4v) is 2.28. The van der Waals surface area contributed by atoms with E-state index < -0.39 is 41.5 Å². The Kier molecular flexibility index (Phi) is 5.67. The number of nitrogens with zero attached hydrogens (tertiary/aromatic N) is 2. The molecule has 1 amide bonds. The molecule has 0 aliphatic heterocycles. The highest BCUT2D eigenvalue weighted by Crippen LogP contribution is 2.36. The average Bonchev–Trinajstić information content (AvgIpc) is 2.50. The van der Waals surface area contributed by atoms with Gasteiger partial charge in [0.2, 0.25) is 5.28 Å². The molecule has 0 unspecified atom stereocenters. The Morgan fingerprint density at radius 2 is 1.54 bits per heavy atom. The minimum Gasteiger partial charge on any atom is -0.348 e. The molecule has 0 fully saturated rings. The highest BCUT2D eigenvalue weighted by molar-refractivity contribution is 6.34. The summed E-state index contributed by atoms with van der Waals surface area (Å²) < 4.78 is 76.7. The first-order chi connectivity index (χ1) is 11.9. The first-order valence-corrected chi connectivity index (χ1v) is 7.38. The molecule has 12 heteroatoms. The number of nitrogens with one attached hydrogen (secondary N) is 1. The van der Waals surface area contributed by atoms with Crippen LogP contribution in [0.2, 0.25) is 10.4 Å². The van der Waals surface area contributed by atoms with Gasteiger partial charge in [0, 0.05) is 12.7 Å². The van der Waals surface area contributed by atoms with Gasteiger partial charge in [0.05, 0.1) is 16.7 Å². The minimum atomic E-state index is -4.98. The lowest BCUT2D eigenvalue weighted by Crippen LogP contribution is -2.24. The quantitative estimate of drug-likeness (QED) is 0.445. The first-order valence-electron chi connectivity index (χ1n) is 6.62. The van der Waals surface area contributed by atoms with Crippen LogP contribution < -0.4 is 5.32 Å². The molecule has 0 saturated heterocycles. The zero-order valence-corrected chi connectivity index (χ0v) is 13.9. The summed E-state index contributed by atoms with van der Waals surface area (Å²) in [6.07, 6.45) is -8.99. The van der Waals surface area contributed by atoms with Gasteiger partial charge in [-0.3, -0.25) is 4.79 Å². The van der Waals surface area contributed by atoms with Crippen molar-refractivity contribution < 1.29 is 31.1 Å². The largest absolute Gasteiger partial charge is 0.416 e. The average molecular weight is 418 g/mol. The van der Waals surface area contributed by atoms with Crippen LogP contribution in [-0.4, -0.2) is 15.9 Å². The second-order valence-corrected chi connectivity index (χ2v) is 5.64. The molecule has 0 saturated carbocycles. The van der Waals surface area contributed by atoms with Crippen molar-refractivity contribution in [3.05, 3.63) is 57.1 Å². The molecule has 0 spiro atoms. The van der Waals surface area contributed by atoms with Crippen molar-refractivity contribution in [2.75, 3.05) is 0 Å². The molecule has 4 nitrogen and oxygen atoms in total. The van der Waals surface area contributed by atoms with Gasteiger partial charge >= 0.3 is 12.4 Å². The fraction of sp³-hybridized carbons (Fsp3) is 0.214. The van der Waals surface area contributed by atoms with E-state index in [4.69, 9.17) is 23.2 Å². The third-order valence-electron chi connectivity index (χ3n) is 3.06. The smallest absolute Gasteiger partial charge is 0.348 e. The van der Waals surface area contributed by atoms with Gasteiger partial charge in [0.15, 0.2) is 0 Å². The molecule has 0 aliphatic rings. The van der Waals surface area contributed by atoms with Gasteiger partial charge in [-0.2, -0.15) is 26.3 Å². The third kappa shape index (κ3) is 4.98. The summed E-state index contributed by atoms with van der Waals surface area (Å²) in [5, 5.41) is 1.60. The predicted molar refractivity (Wildman–Crippen MR) is 79.7 cm³/mol. The van der Waals surface area contributed by atoms with Crippen LogP contribution in [0.25, 0.3) is 0 Å².